The predicted molar refractivity (Wildman–Crippen MR) is 125 cm³/mol. The first kappa shape index (κ1) is 25.0. The van der Waals surface area contributed by atoms with Gasteiger partial charge in [-0.25, -0.2) is 28.4 Å². The molecule has 1 amide bonds. The molecule has 1 aliphatic heterocycles. The number of nitrogens with one attached hydrogen (secondary N) is 1. The number of anilines is 1. The number of aromatic amines is 1. The summed E-state index contributed by atoms with van der Waals surface area (Å²) >= 11 is 0.440. The van der Waals surface area contributed by atoms with Crippen LogP contribution in [0.25, 0.3) is 22.6 Å². The van der Waals surface area contributed by atoms with Gasteiger partial charge in [-0.2, -0.15) is 18.3 Å². The minimum atomic E-state index is -4.71. The van der Waals surface area contributed by atoms with Crippen LogP contribution in [0.5, 0.6) is 0 Å². The number of alkyl halides is 3. The van der Waals surface area contributed by atoms with Crippen LogP contribution < -0.4 is 4.90 Å². The summed E-state index contributed by atoms with van der Waals surface area (Å²) in [6, 6.07) is 1.83. The van der Waals surface area contributed by atoms with E-state index in [1.165, 1.54) is 10.7 Å². The van der Waals surface area contributed by atoms with Crippen LogP contribution >= 0.6 is 11.3 Å². The summed E-state index contributed by atoms with van der Waals surface area (Å²) in [5, 5.41) is 3.29. The summed E-state index contributed by atoms with van der Waals surface area (Å²) in [6.07, 6.45) is -4.71. The molecule has 0 spiro atoms. The summed E-state index contributed by atoms with van der Waals surface area (Å²) in [5.74, 6) is -1.46. The van der Waals surface area contributed by atoms with Crippen LogP contribution in [0.3, 0.4) is 0 Å². The van der Waals surface area contributed by atoms with E-state index in [1.54, 1.807) is 30.6 Å². The van der Waals surface area contributed by atoms with Gasteiger partial charge in [-0.05, 0) is 32.9 Å². The van der Waals surface area contributed by atoms with Gasteiger partial charge >= 0.3 is 6.18 Å². The lowest BCUT2D eigenvalue weighted by Gasteiger charge is -2.40. The van der Waals surface area contributed by atoms with E-state index in [-0.39, 0.29) is 65.7 Å². The molecule has 3 aromatic heterocycles. The van der Waals surface area contributed by atoms with Crippen LogP contribution in [0.2, 0.25) is 0 Å². The molecule has 0 aliphatic carbocycles. The molecule has 1 atom stereocenters. The SMILES string of the molecule is Cc1nc(C)n(CC(=O)N2CCN(c3sc(C(F)(F)F)nc3-c3nc4c(F)c(F)ccc4[nH]3)C[C@H]2C)n1. The van der Waals surface area contributed by atoms with Gasteiger partial charge in [-0.1, -0.05) is 11.3 Å². The highest BCUT2D eigenvalue weighted by Gasteiger charge is 2.39. The minimum Gasteiger partial charge on any atom is -0.358 e. The van der Waals surface area contributed by atoms with Crippen molar-refractivity contribution in [3.05, 3.63) is 40.4 Å². The van der Waals surface area contributed by atoms with Gasteiger partial charge in [0, 0.05) is 25.7 Å². The molecule has 5 rings (SSSR count). The predicted octanol–water partition coefficient (Wildman–Crippen LogP) is 3.93. The van der Waals surface area contributed by atoms with Crippen molar-refractivity contribution in [1.29, 1.82) is 0 Å². The summed E-state index contributed by atoms with van der Waals surface area (Å²) in [6.45, 7) is 6.00. The molecule has 0 bridgehead atoms. The maximum Gasteiger partial charge on any atom is 0.443 e. The van der Waals surface area contributed by atoms with Crippen LogP contribution in [-0.2, 0) is 17.5 Å². The Hall–Kier alpha value is -3.62. The van der Waals surface area contributed by atoms with E-state index in [0.717, 1.165) is 6.07 Å². The summed E-state index contributed by atoms with van der Waals surface area (Å²) in [5.41, 5.74) is -0.317. The Morgan fingerprint density at radius 1 is 1.16 bits per heavy atom. The second kappa shape index (κ2) is 9.04. The van der Waals surface area contributed by atoms with Crippen molar-refractivity contribution in [2.45, 2.75) is 39.5 Å². The fourth-order valence-electron chi connectivity index (χ4n) is 4.37. The van der Waals surface area contributed by atoms with E-state index in [1.807, 2.05) is 0 Å². The molecule has 4 aromatic rings. The Morgan fingerprint density at radius 3 is 2.57 bits per heavy atom. The highest BCUT2D eigenvalue weighted by Crippen LogP contribution is 2.43. The van der Waals surface area contributed by atoms with E-state index in [0.29, 0.717) is 23.0 Å². The quantitative estimate of drug-likeness (QED) is 0.394. The molecule has 1 fully saturated rings. The fourth-order valence-corrected chi connectivity index (χ4v) is 5.34. The monoisotopic (exact) mass is 540 g/mol. The van der Waals surface area contributed by atoms with Crippen molar-refractivity contribution in [3.8, 4) is 11.5 Å². The number of amides is 1. The Labute approximate surface area is 210 Å². The van der Waals surface area contributed by atoms with Gasteiger partial charge in [0.1, 0.15) is 34.4 Å². The van der Waals surface area contributed by atoms with Crippen LogP contribution in [0.1, 0.15) is 23.6 Å². The standard InChI is InChI=1S/C22H21F5N8OS/c1-10-8-33(6-7-34(10)15(36)9-35-12(3)28-11(2)32-35)20-18(31-21(37-20)22(25,26)27)19-29-14-5-4-13(23)16(24)17(14)30-19/h4-5,10H,6-9H2,1-3H3,(H,29,30)/t10-/m1/s1. The molecule has 0 unspecified atom stereocenters. The average Bonchev–Trinajstić information content (AvgIpc) is 3.52. The van der Waals surface area contributed by atoms with Crippen molar-refractivity contribution in [2.24, 2.45) is 0 Å². The van der Waals surface area contributed by atoms with Crippen LogP contribution in [0.15, 0.2) is 12.1 Å². The molecule has 0 radical (unpaired) electrons. The average molecular weight is 541 g/mol. The minimum absolute atomic E-state index is 0.00213. The largest absolute Gasteiger partial charge is 0.443 e. The number of carbonyl (C=O) groups is 1. The number of aryl methyl sites for hydroxylation is 2. The van der Waals surface area contributed by atoms with Crippen molar-refractivity contribution in [1.82, 2.24) is 34.6 Å². The molecular formula is C22H21F5N8OS. The third-order valence-electron chi connectivity index (χ3n) is 6.10. The Kier molecular flexibility index (Phi) is 6.12. The lowest BCUT2D eigenvalue weighted by molar-refractivity contribution is -0.137. The van der Waals surface area contributed by atoms with Gasteiger partial charge in [-0.3, -0.25) is 4.79 Å². The van der Waals surface area contributed by atoms with Crippen LogP contribution in [0.4, 0.5) is 27.0 Å². The number of piperazine rings is 1. The molecule has 0 saturated carbocycles. The third kappa shape index (κ3) is 4.63. The van der Waals surface area contributed by atoms with Gasteiger partial charge in [0.2, 0.25) is 10.9 Å². The number of thiazole rings is 1. The maximum atomic E-state index is 14.2. The molecule has 15 heteroatoms. The van der Waals surface area contributed by atoms with E-state index in [9.17, 15) is 26.7 Å². The number of hydrogen-bond donors (Lipinski definition) is 1. The van der Waals surface area contributed by atoms with E-state index in [4.69, 9.17) is 0 Å². The number of aromatic nitrogens is 6. The topological polar surface area (TPSA) is 95.8 Å². The van der Waals surface area contributed by atoms with Gasteiger partial charge < -0.3 is 14.8 Å². The number of hydrogen-bond acceptors (Lipinski definition) is 7. The lowest BCUT2D eigenvalue weighted by Crippen LogP contribution is -2.54. The van der Waals surface area contributed by atoms with Gasteiger partial charge in [0.05, 0.1) is 5.52 Å². The molecule has 9 nitrogen and oxygen atoms in total. The summed E-state index contributed by atoms with van der Waals surface area (Å²) < 4.78 is 70.2. The number of H-pyrrole nitrogens is 1. The van der Waals surface area contributed by atoms with Crippen molar-refractivity contribution in [2.75, 3.05) is 24.5 Å². The lowest BCUT2D eigenvalue weighted by atomic mass is 10.2. The summed E-state index contributed by atoms with van der Waals surface area (Å²) in [7, 11) is 0. The van der Waals surface area contributed by atoms with Crippen molar-refractivity contribution in [3.63, 3.8) is 0 Å². The first-order valence-corrected chi connectivity index (χ1v) is 12.1. The normalized spacial score (nSPS) is 16.7. The van der Waals surface area contributed by atoms with Crippen molar-refractivity contribution < 1.29 is 26.7 Å². The Morgan fingerprint density at radius 2 is 1.92 bits per heavy atom. The fraction of sp³-hybridized carbons (Fsp3) is 0.409. The molecule has 1 saturated heterocycles. The second-order valence-corrected chi connectivity index (χ2v) is 9.74. The zero-order chi connectivity index (χ0) is 26.6. The zero-order valence-corrected chi connectivity index (χ0v) is 20.7. The number of halogens is 5. The zero-order valence-electron chi connectivity index (χ0n) is 19.9. The Bertz CT molecular complexity index is 1490. The number of fused-ring (bicyclic) bond motifs is 1. The number of nitrogens with zero attached hydrogens (tertiary/aromatic N) is 7. The maximum absolute atomic E-state index is 14.2. The first-order chi connectivity index (χ1) is 17.4. The van der Waals surface area contributed by atoms with E-state index in [2.05, 4.69) is 25.0 Å². The molecule has 196 valence electrons. The van der Waals surface area contributed by atoms with Gasteiger partial charge in [0.15, 0.2) is 17.5 Å². The number of rotatable bonds is 4. The molecule has 1 aromatic carbocycles. The van der Waals surface area contributed by atoms with Gasteiger partial charge in [-0.15, -0.1) is 0 Å². The third-order valence-corrected chi connectivity index (χ3v) is 7.27. The second-order valence-electron chi connectivity index (χ2n) is 8.76. The number of imidazole rings is 1. The highest BCUT2D eigenvalue weighted by atomic mass is 32.1. The van der Waals surface area contributed by atoms with Gasteiger partial charge in [0.25, 0.3) is 0 Å². The van der Waals surface area contributed by atoms with Crippen LogP contribution in [0, 0.1) is 25.5 Å². The number of benzene rings is 1. The molecule has 4 heterocycles. The highest BCUT2D eigenvalue weighted by molar-refractivity contribution is 7.16. The molecule has 1 aliphatic rings. The van der Waals surface area contributed by atoms with Crippen LogP contribution in [-0.4, -0.2) is 66.2 Å². The van der Waals surface area contributed by atoms with E-state index < -0.39 is 22.8 Å². The summed E-state index contributed by atoms with van der Waals surface area (Å²) in [4.78, 5) is 31.0. The van der Waals surface area contributed by atoms with E-state index >= 15 is 0 Å². The molecular weight excluding hydrogens is 519 g/mol. The first-order valence-electron chi connectivity index (χ1n) is 11.3. The Balaban J connectivity index is 1.43. The number of carbonyl (C=O) groups excluding carboxylic acids is 1. The molecule has 1 N–H and O–H groups in total. The smallest absolute Gasteiger partial charge is 0.358 e. The molecule has 37 heavy (non-hydrogen) atoms. The van der Waals surface area contributed by atoms with Crippen molar-refractivity contribution >= 4 is 33.3 Å².